The van der Waals surface area contributed by atoms with Gasteiger partial charge in [-0.05, 0) is 56.4 Å². The van der Waals surface area contributed by atoms with Crippen molar-refractivity contribution in [3.63, 3.8) is 0 Å². The van der Waals surface area contributed by atoms with Crippen LogP contribution < -0.4 is 5.73 Å². The smallest absolute Gasteiger partial charge is 0.0702 e. The molecule has 2 aliphatic rings. The number of likely N-dealkylation sites (tertiary alicyclic amines) is 1. The van der Waals surface area contributed by atoms with E-state index >= 15 is 0 Å². The van der Waals surface area contributed by atoms with Gasteiger partial charge in [0.05, 0.1) is 6.10 Å². The quantitative estimate of drug-likeness (QED) is 0.861. The van der Waals surface area contributed by atoms with Crippen LogP contribution in [0.5, 0.6) is 0 Å². The van der Waals surface area contributed by atoms with Gasteiger partial charge in [0.15, 0.2) is 0 Å². The second-order valence-corrected chi connectivity index (χ2v) is 7.53. The number of hydrogen-bond donors (Lipinski definition) is 1. The van der Waals surface area contributed by atoms with Gasteiger partial charge >= 0.3 is 0 Å². The van der Waals surface area contributed by atoms with E-state index in [1.165, 1.54) is 38.8 Å². The van der Waals surface area contributed by atoms with Gasteiger partial charge in [0, 0.05) is 25.7 Å². The molecule has 4 unspecified atom stereocenters. The van der Waals surface area contributed by atoms with E-state index in [-0.39, 0.29) is 0 Å². The van der Waals surface area contributed by atoms with E-state index < -0.39 is 0 Å². The minimum absolute atomic E-state index is 0.357. The number of hydrogen-bond acceptors (Lipinski definition) is 3. The number of rotatable bonds is 4. The summed E-state index contributed by atoms with van der Waals surface area (Å²) >= 11 is 0. The van der Waals surface area contributed by atoms with Crippen molar-refractivity contribution in [2.45, 2.75) is 65.5 Å². The van der Waals surface area contributed by atoms with Gasteiger partial charge in [0.25, 0.3) is 0 Å². The molecule has 2 fully saturated rings. The van der Waals surface area contributed by atoms with E-state index in [1.54, 1.807) is 0 Å². The molecule has 3 nitrogen and oxygen atoms in total. The van der Waals surface area contributed by atoms with Gasteiger partial charge in [0.1, 0.15) is 0 Å². The fourth-order valence-electron chi connectivity index (χ4n) is 4.13. The highest BCUT2D eigenvalue weighted by atomic mass is 16.5. The molecule has 0 aromatic carbocycles. The number of piperidine rings is 1. The fraction of sp³-hybridized carbons (Fsp3) is 1.00. The lowest BCUT2D eigenvalue weighted by Crippen LogP contribution is -2.51. The molecule has 3 heteroatoms. The van der Waals surface area contributed by atoms with Crippen molar-refractivity contribution in [2.75, 3.05) is 26.2 Å². The Bertz CT molecular complexity index is 303. The molecule has 1 heterocycles. The summed E-state index contributed by atoms with van der Waals surface area (Å²) in [5.41, 5.74) is 6.63. The van der Waals surface area contributed by atoms with Crippen LogP contribution in [0.25, 0.3) is 0 Å². The molecule has 0 radical (unpaired) electrons. The summed E-state index contributed by atoms with van der Waals surface area (Å²) in [6, 6.07) is 0.388. The van der Waals surface area contributed by atoms with E-state index in [9.17, 15) is 0 Å². The monoisotopic (exact) mass is 282 g/mol. The summed E-state index contributed by atoms with van der Waals surface area (Å²) in [5.74, 6) is 1.39. The minimum atomic E-state index is 0.357. The summed E-state index contributed by atoms with van der Waals surface area (Å²) in [7, 11) is 0. The predicted molar refractivity (Wildman–Crippen MR) is 84.7 cm³/mol. The molecule has 20 heavy (non-hydrogen) atoms. The van der Waals surface area contributed by atoms with Crippen molar-refractivity contribution in [3.05, 3.63) is 0 Å². The SMILES string of the molecule is CCOC1CCCN(CC2CCC(N)C(C)C2(C)C)C1. The number of nitrogens with zero attached hydrogens (tertiary/aromatic N) is 1. The zero-order valence-electron chi connectivity index (χ0n) is 13.9. The zero-order valence-corrected chi connectivity index (χ0v) is 13.9. The Morgan fingerprint density at radius 2 is 2.00 bits per heavy atom. The molecule has 0 bridgehead atoms. The summed E-state index contributed by atoms with van der Waals surface area (Å²) < 4.78 is 5.83. The Kier molecular flexibility index (Phi) is 5.49. The normalized spacial score (nSPS) is 38.9. The highest BCUT2D eigenvalue weighted by molar-refractivity contribution is 4.94. The highest BCUT2D eigenvalue weighted by Crippen LogP contribution is 2.44. The first-order valence-corrected chi connectivity index (χ1v) is 8.54. The van der Waals surface area contributed by atoms with Crippen molar-refractivity contribution < 1.29 is 4.74 Å². The van der Waals surface area contributed by atoms with E-state index in [4.69, 9.17) is 10.5 Å². The molecule has 2 rings (SSSR count). The van der Waals surface area contributed by atoms with Crippen LogP contribution in [0.3, 0.4) is 0 Å². The Hall–Kier alpha value is -0.120. The first kappa shape index (κ1) is 16.3. The Morgan fingerprint density at radius 3 is 2.70 bits per heavy atom. The number of ether oxygens (including phenoxy) is 1. The van der Waals surface area contributed by atoms with Gasteiger partial charge in [0.2, 0.25) is 0 Å². The molecule has 4 atom stereocenters. The summed E-state index contributed by atoms with van der Waals surface area (Å²) in [4.78, 5) is 2.64. The maximum atomic E-state index is 6.28. The molecular formula is C17H34N2O. The maximum Gasteiger partial charge on any atom is 0.0702 e. The van der Waals surface area contributed by atoms with Crippen LogP contribution in [0, 0.1) is 17.3 Å². The largest absolute Gasteiger partial charge is 0.377 e. The molecule has 1 saturated carbocycles. The molecule has 0 aromatic rings. The Balaban J connectivity index is 1.92. The molecule has 118 valence electrons. The van der Waals surface area contributed by atoms with Gasteiger partial charge in [-0.1, -0.05) is 20.8 Å². The van der Waals surface area contributed by atoms with Gasteiger partial charge in [-0.2, -0.15) is 0 Å². The molecule has 1 aliphatic heterocycles. The molecular weight excluding hydrogens is 248 g/mol. The van der Waals surface area contributed by atoms with Crippen LogP contribution in [0.4, 0.5) is 0 Å². The maximum absolute atomic E-state index is 6.28. The van der Waals surface area contributed by atoms with Crippen LogP contribution in [0.15, 0.2) is 0 Å². The predicted octanol–water partition coefficient (Wildman–Crippen LogP) is 2.89. The third-order valence-corrected chi connectivity index (χ3v) is 6.06. The van der Waals surface area contributed by atoms with Crippen molar-refractivity contribution in [1.82, 2.24) is 4.90 Å². The lowest BCUT2D eigenvalue weighted by Gasteiger charge is -2.49. The van der Waals surface area contributed by atoms with E-state index in [0.717, 1.165) is 19.1 Å². The molecule has 2 N–H and O–H groups in total. The van der Waals surface area contributed by atoms with Crippen LogP contribution in [0.1, 0.15) is 53.4 Å². The van der Waals surface area contributed by atoms with Gasteiger partial charge in [-0.15, -0.1) is 0 Å². The Labute approximate surface area is 125 Å². The number of nitrogens with two attached hydrogens (primary N) is 1. The summed E-state index contributed by atoms with van der Waals surface area (Å²) in [5, 5.41) is 0. The second kappa shape index (κ2) is 6.76. The van der Waals surface area contributed by atoms with Crippen molar-refractivity contribution >= 4 is 0 Å². The molecule has 0 amide bonds. The van der Waals surface area contributed by atoms with Gasteiger partial charge < -0.3 is 15.4 Å². The summed E-state index contributed by atoms with van der Waals surface area (Å²) in [6.45, 7) is 13.7. The van der Waals surface area contributed by atoms with Crippen LogP contribution in [-0.2, 0) is 4.74 Å². The van der Waals surface area contributed by atoms with Crippen molar-refractivity contribution in [1.29, 1.82) is 0 Å². The molecule has 1 saturated heterocycles. The van der Waals surface area contributed by atoms with Crippen molar-refractivity contribution in [3.8, 4) is 0 Å². The van der Waals surface area contributed by atoms with Gasteiger partial charge in [-0.25, -0.2) is 0 Å². The fourth-order valence-corrected chi connectivity index (χ4v) is 4.13. The van der Waals surface area contributed by atoms with Crippen LogP contribution in [-0.4, -0.2) is 43.3 Å². The summed E-state index contributed by atoms with van der Waals surface area (Å²) in [6.07, 6.45) is 5.46. The topological polar surface area (TPSA) is 38.5 Å². The van der Waals surface area contributed by atoms with E-state index in [0.29, 0.717) is 23.5 Å². The highest BCUT2D eigenvalue weighted by Gasteiger charge is 2.42. The van der Waals surface area contributed by atoms with Crippen molar-refractivity contribution in [2.24, 2.45) is 23.0 Å². The van der Waals surface area contributed by atoms with E-state index in [1.807, 2.05) is 0 Å². The lowest BCUT2D eigenvalue weighted by atomic mass is 9.61. The first-order valence-electron chi connectivity index (χ1n) is 8.54. The first-order chi connectivity index (χ1) is 9.45. The van der Waals surface area contributed by atoms with E-state index in [2.05, 4.69) is 32.6 Å². The molecule has 0 spiro atoms. The third-order valence-electron chi connectivity index (χ3n) is 6.06. The second-order valence-electron chi connectivity index (χ2n) is 7.53. The van der Waals surface area contributed by atoms with Crippen LogP contribution >= 0.6 is 0 Å². The minimum Gasteiger partial charge on any atom is -0.377 e. The van der Waals surface area contributed by atoms with Gasteiger partial charge in [-0.3, -0.25) is 0 Å². The third kappa shape index (κ3) is 3.55. The standard InChI is InChI=1S/C17H34N2O/c1-5-20-15-7-6-10-19(12-15)11-14-8-9-16(18)13(2)17(14,3)4/h13-16H,5-12,18H2,1-4H3. The lowest BCUT2D eigenvalue weighted by molar-refractivity contribution is -0.0211. The van der Waals surface area contributed by atoms with Crippen LogP contribution in [0.2, 0.25) is 0 Å². The Morgan fingerprint density at radius 1 is 1.25 bits per heavy atom. The zero-order chi connectivity index (χ0) is 14.8. The average molecular weight is 282 g/mol. The molecule has 1 aliphatic carbocycles. The average Bonchev–Trinajstić information content (AvgIpc) is 2.41. The molecule has 0 aromatic heterocycles.